The number of H-pyrrole nitrogens is 1. The molecule has 0 bridgehead atoms. The molecule has 2 rings (SSSR count). The Labute approximate surface area is 90.5 Å². The molecule has 0 saturated heterocycles. The normalized spacial score (nSPS) is 9.20. The Hall–Kier alpha value is -1.61. The maximum absolute atomic E-state index is 3.79. The van der Waals surface area contributed by atoms with Crippen LogP contribution >= 0.6 is 0 Å². The summed E-state index contributed by atoms with van der Waals surface area (Å²) in [5, 5.41) is 9.56. The molecule has 15 heavy (non-hydrogen) atoms. The second-order valence-corrected chi connectivity index (χ2v) is 3.23. The highest BCUT2D eigenvalue weighted by atomic mass is 15.1. The number of aromatic nitrogens is 2. The second-order valence-electron chi connectivity index (χ2n) is 3.23. The van der Waals surface area contributed by atoms with Gasteiger partial charge in [-0.05, 0) is 25.6 Å². The molecule has 0 fully saturated rings. The van der Waals surface area contributed by atoms with Crippen molar-refractivity contribution in [1.82, 2.24) is 15.5 Å². The fourth-order valence-electron chi connectivity index (χ4n) is 1.13. The van der Waals surface area contributed by atoms with E-state index in [9.17, 15) is 0 Å². The molecule has 2 aromatic rings. The minimum absolute atomic E-state index is 0.959. The van der Waals surface area contributed by atoms with Crippen LogP contribution in [0.2, 0.25) is 0 Å². The van der Waals surface area contributed by atoms with Crippen molar-refractivity contribution in [3.8, 4) is 0 Å². The van der Waals surface area contributed by atoms with E-state index in [4.69, 9.17) is 0 Å². The van der Waals surface area contributed by atoms with Gasteiger partial charge in [-0.25, -0.2) is 0 Å². The van der Waals surface area contributed by atoms with Gasteiger partial charge in [-0.3, -0.25) is 5.10 Å². The summed E-state index contributed by atoms with van der Waals surface area (Å²) in [6, 6.07) is 12.3. The zero-order chi connectivity index (χ0) is 10.9. The smallest absolute Gasteiger partial charge is 0.0591 e. The predicted octanol–water partition coefficient (Wildman–Crippen LogP) is 2.12. The highest BCUT2D eigenvalue weighted by Gasteiger charge is 1.83. The van der Waals surface area contributed by atoms with Crippen molar-refractivity contribution >= 4 is 0 Å². The van der Waals surface area contributed by atoms with Crippen molar-refractivity contribution in [2.75, 3.05) is 7.05 Å². The van der Waals surface area contributed by atoms with Gasteiger partial charge in [0, 0.05) is 12.7 Å². The lowest BCUT2D eigenvalue weighted by Gasteiger charge is -1.95. The molecule has 3 heteroatoms. The van der Waals surface area contributed by atoms with Crippen molar-refractivity contribution < 1.29 is 0 Å². The van der Waals surface area contributed by atoms with E-state index >= 15 is 0 Å². The minimum Gasteiger partial charge on any atom is -0.316 e. The summed E-state index contributed by atoms with van der Waals surface area (Å²) >= 11 is 0. The molecule has 80 valence electrons. The lowest BCUT2D eigenvalue weighted by Crippen LogP contribution is -2.04. The zero-order valence-electron chi connectivity index (χ0n) is 9.20. The molecule has 3 nitrogen and oxygen atoms in total. The Morgan fingerprint density at radius 3 is 2.33 bits per heavy atom. The average Bonchev–Trinajstić information content (AvgIpc) is 2.72. The largest absolute Gasteiger partial charge is 0.316 e. The Morgan fingerprint density at radius 1 is 1.20 bits per heavy atom. The van der Waals surface area contributed by atoms with Crippen molar-refractivity contribution in [3.63, 3.8) is 0 Å². The van der Waals surface area contributed by atoms with Crippen LogP contribution in [-0.4, -0.2) is 17.2 Å². The Kier molecular flexibility index (Phi) is 5.19. The van der Waals surface area contributed by atoms with E-state index in [-0.39, 0.29) is 0 Å². The maximum atomic E-state index is 3.79. The standard InChI is InChI=1S/C8H11N.C4H6N2/c1-9-7-8-5-3-2-4-6-8;1-4-2-3-5-6-4/h2-6,9H,7H2,1H3;2-3H,1H3,(H,5,6). The zero-order valence-corrected chi connectivity index (χ0v) is 9.20. The van der Waals surface area contributed by atoms with Crippen molar-refractivity contribution in [2.24, 2.45) is 0 Å². The summed E-state index contributed by atoms with van der Waals surface area (Å²) in [5.74, 6) is 0. The third kappa shape index (κ3) is 4.98. The number of rotatable bonds is 2. The quantitative estimate of drug-likeness (QED) is 0.785. The van der Waals surface area contributed by atoms with Gasteiger partial charge in [0.2, 0.25) is 0 Å². The lowest BCUT2D eigenvalue weighted by molar-refractivity contribution is 0.818. The van der Waals surface area contributed by atoms with E-state index in [0.717, 1.165) is 12.2 Å². The summed E-state index contributed by atoms with van der Waals surface area (Å²) in [7, 11) is 1.95. The molecule has 0 aliphatic rings. The van der Waals surface area contributed by atoms with Crippen LogP contribution < -0.4 is 5.32 Å². The molecule has 0 unspecified atom stereocenters. The summed E-state index contributed by atoms with van der Waals surface area (Å²) < 4.78 is 0. The molecular formula is C12H17N3. The number of nitrogens with zero attached hydrogens (tertiary/aromatic N) is 1. The first-order chi connectivity index (χ1) is 7.33. The molecule has 0 aliphatic carbocycles. The number of aryl methyl sites for hydroxylation is 1. The van der Waals surface area contributed by atoms with E-state index in [0.29, 0.717) is 0 Å². The van der Waals surface area contributed by atoms with Crippen LogP contribution in [0.3, 0.4) is 0 Å². The van der Waals surface area contributed by atoms with Gasteiger partial charge in [0.05, 0.1) is 5.69 Å². The molecule has 1 heterocycles. The highest BCUT2D eigenvalue weighted by molar-refractivity contribution is 5.13. The van der Waals surface area contributed by atoms with Gasteiger partial charge < -0.3 is 5.32 Å². The minimum atomic E-state index is 0.959. The summed E-state index contributed by atoms with van der Waals surface area (Å²) in [6.45, 7) is 2.90. The number of nitrogens with one attached hydrogen (secondary N) is 2. The molecule has 1 aromatic heterocycles. The van der Waals surface area contributed by atoms with Crippen LogP contribution in [0.1, 0.15) is 11.3 Å². The van der Waals surface area contributed by atoms with E-state index in [1.807, 2.05) is 38.2 Å². The molecular weight excluding hydrogens is 186 g/mol. The first kappa shape index (κ1) is 11.5. The molecule has 0 aliphatic heterocycles. The van der Waals surface area contributed by atoms with E-state index in [1.54, 1.807) is 6.20 Å². The van der Waals surface area contributed by atoms with Crippen LogP contribution in [0.25, 0.3) is 0 Å². The first-order valence-electron chi connectivity index (χ1n) is 4.98. The van der Waals surface area contributed by atoms with Crippen LogP contribution in [0.5, 0.6) is 0 Å². The molecule has 2 N–H and O–H groups in total. The number of aromatic amines is 1. The summed E-state index contributed by atoms with van der Waals surface area (Å²) in [4.78, 5) is 0. The van der Waals surface area contributed by atoms with Crippen molar-refractivity contribution in [1.29, 1.82) is 0 Å². The van der Waals surface area contributed by atoms with Gasteiger partial charge in [0.15, 0.2) is 0 Å². The van der Waals surface area contributed by atoms with E-state index < -0.39 is 0 Å². The second kappa shape index (κ2) is 6.79. The molecule has 0 radical (unpaired) electrons. The molecule has 1 aromatic carbocycles. The number of hydrogen-bond donors (Lipinski definition) is 2. The van der Waals surface area contributed by atoms with Gasteiger partial charge in [-0.15, -0.1) is 0 Å². The van der Waals surface area contributed by atoms with Gasteiger partial charge in [-0.1, -0.05) is 30.3 Å². The van der Waals surface area contributed by atoms with Crippen LogP contribution in [0, 0.1) is 6.92 Å². The maximum Gasteiger partial charge on any atom is 0.0591 e. The van der Waals surface area contributed by atoms with E-state index in [2.05, 4.69) is 27.6 Å². The topological polar surface area (TPSA) is 40.7 Å². The molecule has 0 amide bonds. The summed E-state index contributed by atoms with van der Waals surface area (Å²) in [5.41, 5.74) is 2.37. The lowest BCUT2D eigenvalue weighted by atomic mass is 10.2. The third-order valence-electron chi connectivity index (χ3n) is 1.86. The first-order valence-corrected chi connectivity index (χ1v) is 4.98. The molecule has 0 spiro atoms. The van der Waals surface area contributed by atoms with Crippen LogP contribution in [-0.2, 0) is 6.54 Å². The molecule has 0 saturated carbocycles. The van der Waals surface area contributed by atoms with Crippen molar-refractivity contribution in [2.45, 2.75) is 13.5 Å². The van der Waals surface area contributed by atoms with Gasteiger partial charge in [0.1, 0.15) is 0 Å². The Balaban J connectivity index is 0.000000162. The number of benzene rings is 1. The highest BCUT2D eigenvalue weighted by Crippen LogP contribution is 1.95. The van der Waals surface area contributed by atoms with Gasteiger partial charge in [0.25, 0.3) is 0 Å². The monoisotopic (exact) mass is 203 g/mol. The number of hydrogen-bond acceptors (Lipinski definition) is 2. The molecule has 0 atom stereocenters. The average molecular weight is 203 g/mol. The van der Waals surface area contributed by atoms with Crippen molar-refractivity contribution in [3.05, 3.63) is 53.9 Å². The third-order valence-corrected chi connectivity index (χ3v) is 1.86. The van der Waals surface area contributed by atoms with Gasteiger partial charge >= 0.3 is 0 Å². The summed E-state index contributed by atoms with van der Waals surface area (Å²) in [6.07, 6.45) is 1.80. The van der Waals surface area contributed by atoms with Gasteiger partial charge in [-0.2, -0.15) is 5.10 Å². The predicted molar refractivity (Wildman–Crippen MR) is 62.5 cm³/mol. The van der Waals surface area contributed by atoms with Crippen LogP contribution in [0.4, 0.5) is 0 Å². The Bertz CT molecular complexity index is 340. The SMILES string of the molecule is CNCc1ccccc1.Cc1cc[nH]n1. The Morgan fingerprint density at radius 2 is 1.93 bits per heavy atom. The van der Waals surface area contributed by atoms with Crippen LogP contribution in [0.15, 0.2) is 42.6 Å². The fourth-order valence-corrected chi connectivity index (χ4v) is 1.13. The fraction of sp³-hybridized carbons (Fsp3) is 0.250. The van der Waals surface area contributed by atoms with E-state index in [1.165, 1.54) is 5.56 Å².